The zero-order valence-electron chi connectivity index (χ0n) is 12.1. The molecule has 2 aromatic carbocycles. The summed E-state index contributed by atoms with van der Waals surface area (Å²) in [5, 5.41) is 12.0. The van der Waals surface area contributed by atoms with Gasteiger partial charge in [0.2, 0.25) is 0 Å². The number of nitrogens with one attached hydrogen (secondary N) is 1. The number of rotatable bonds is 4. The predicted octanol–water partition coefficient (Wildman–Crippen LogP) is 4.30. The van der Waals surface area contributed by atoms with Gasteiger partial charge < -0.3 is 14.8 Å². The molecule has 0 radical (unpaired) electrons. The standard InChI is InChI=1S/C18H14INO3/c19-16-7-2-1-6-15(16)18(22)20-13-5-3-4-12(10-13)17-9-8-14(11-21)23-17/h1-10,21H,11H2,(H,20,22). The topological polar surface area (TPSA) is 62.5 Å². The first kappa shape index (κ1) is 15.8. The third-order valence-corrected chi connectivity index (χ3v) is 4.28. The lowest BCUT2D eigenvalue weighted by molar-refractivity contribution is 0.102. The van der Waals surface area contributed by atoms with Crippen molar-refractivity contribution in [3.8, 4) is 11.3 Å². The molecule has 0 aliphatic carbocycles. The summed E-state index contributed by atoms with van der Waals surface area (Å²) in [5.41, 5.74) is 2.17. The maximum absolute atomic E-state index is 12.4. The Labute approximate surface area is 147 Å². The van der Waals surface area contributed by atoms with Gasteiger partial charge in [-0.15, -0.1) is 0 Å². The second kappa shape index (κ2) is 6.97. The van der Waals surface area contributed by atoms with Crippen LogP contribution in [0, 0.1) is 3.57 Å². The van der Waals surface area contributed by atoms with E-state index in [1.807, 2.05) is 42.5 Å². The molecule has 0 saturated carbocycles. The summed E-state index contributed by atoms with van der Waals surface area (Å²) < 4.78 is 6.42. The molecule has 1 amide bonds. The molecule has 0 unspecified atom stereocenters. The molecule has 3 aromatic rings. The fraction of sp³-hybridized carbons (Fsp3) is 0.0556. The third-order valence-electron chi connectivity index (χ3n) is 3.34. The first-order chi connectivity index (χ1) is 11.2. The van der Waals surface area contributed by atoms with Gasteiger partial charge in [0.1, 0.15) is 18.1 Å². The van der Waals surface area contributed by atoms with Crippen molar-refractivity contribution in [3.05, 3.63) is 75.6 Å². The Kier molecular flexibility index (Phi) is 4.78. The molecule has 0 saturated heterocycles. The Morgan fingerprint density at radius 3 is 2.65 bits per heavy atom. The second-order valence-corrected chi connectivity index (χ2v) is 6.10. The normalized spacial score (nSPS) is 10.5. The Morgan fingerprint density at radius 1 is 1.09 bits per heavy atom. The first-order valence-electron chi connectivity index (χ1n) is 7.03. The molecule has 0 fully saturated rings. The molecule has 1 aromatic heterocycles. The van der Waals surface area contributed by atoms with Crippen molar-refractivity contribution in [1.29, 1.82) is 0 Å². The molecule has 3 rings (SSSR count). The number of furan rings is 1. The molecule has 0 bridgehead atoms. The summed E-state index contributed by atoms with van der Waals surface area (Å²) in [5.74, 6) is 1.01. The van der Waals surface area contributed by atoms with Crippen LogP contribution >= 0.6 is 22.6 Å². The van der Waals surface area contributed by atoms with E-state index >= 15 is 0 Å². The van der Waals surface area contributed by atoms with Gasteiger partial charge in [-0.2, -0.15) is 0 Å². The summed E-state index contributed by atoms with van der Waals surface area (Å²) in [6.07, 6.45) is 0. The van der Waals surface area contributed by atoms with Crippen molar-refractivity contribution in [2.24, 2.45) is 0 Å². The van der Waals surface area contributed by atoms with Gasteiger partial charge in [-0.1, -0.05) is 24.3 Å². The fourth-order valence-electron chi connectivity index (χ4n) is 2.21. The van der Waals surface area contributed by atoms with Gasteiger partial charge in [-0.3, -0.25) is 4.79 Å². The number of benzene rings is 2. The van der Waals surface area contributed by atoms with Crippen LogP contribution in [0.2, 0.25) is 0 Å². The number of halogens is 1. The number of amides is 1. The number of aliphatic hydroxyl groups is 1. The second-order valence-electron chi connectivity index (χ2n) is 4.94. The lowest BCUT2D eigenvalue weighted by Crippen LogP contribution is -2.13. The average Bonchev–Trinajstić information content (AvgIpc) is 3.04. The number of carbonyl (C=O) groups excluding carboxylic acids is 1. The van der Waals surface area contributed by atoms with Crippen LogP contribution in [0.4, 0.5) is 5.69 Å². The summed E-state index contributed by atoms with van der Waals surface area (Å²) in [6, 6.07) is 18.4. The number of aliphatic hydroxyl groups excluding tert-OH is 1. The first-order valence-corrected chi connectivity index (χ1v) is 8.11. The molecule has 2 N–H and O–H groups in total. The van der Waals surface area contributed by atoms with Crippen LogP contribution < -0.4 is 5.32 Å². The average molecular weight is 419 g/mol. The van der Waals surface area contributed by atoms with Crippen molar-refractivity contribution in [1.82, 2.24) is 0 Å². The Bertz CT molecular complexity index is 842. The zero-order valence-corrected chi connectivity index (χ0v) is 14.3. The zero-order chi connectivity index (χ0) is 16.2. The van der Waals surface area contributed by atoms with Crippen LogP contribution in [0.15, 0.2) is 65.1 Å². The molecular weight excluding hydrogens is 405 g/mol. The van der Waals surface area contributed by atoms with E-state index in [9.17, 15) is 4.79 Å². The van der Waals surface area contributed by atoms with Crippen molar-refractivity contribution in [2.75, 3.05) is 5.32 Å². The van der Waals surface area contributed by atoms with E-state index in [0.717, 1.165) is 9.13 Å². The third kappa shape index (κ3) is 3.62. The highest BCUT2D eigenvalue weighted by Gasteiger charge is 2.10. The minimum absolute atomic E-state index is 0.136. The molecule has 0 aliphatic rings. The largest absolute Gasteiger partial charge is 0.459 e. The summed E-state index contributed by atoms with van der Waals surface area (Å²) >= 11 is 2.14. The highest BCUT2D eigenvalue weighted by atomic mass is 127. The van der Waals surface area contributed by atoms with E-state index in [2.05, 4.69) is 27.9 Å². The smallest absolute Gasteiger partial charge is 0.256 e. The number of anilines is 1. The maximum atomic E-state index is 12.4. The van der Waals surface area contributed by atoms with Crippen LogP contribution in [-0.4, -0.2) is 11.0 Å². The number of hydrogen-bond acceptors (Lipinski definition) is 3. The van der Waals surface area contributed by atoms with E-state index in [-0.39, 0.29) is 12.5 Å². The molecule has 23 heavy (non-hydrogen) atoms. The molecule has 0 spiro atoms. The van der Waals surface area contributed by atoms with Crippen LogP contribution in [-0.2, 0) is 6.61 Å². The fourth-order valence-corrected chi connectivity index (χ4v) is 2.84. The number of hydrogen-bond donors (Lipinski definition) is 2. The lowest BCUT2D eigenvalue weighted by atomic mass is 10.1. The lowest BCUT2D eigenvalue weighted by Gasteiger charge is -2.08. The maximum Gasteiger partial charge on any atom is 0.256 e. The van der Waals surface area contributed by atoms with E-state index in [1.54, 1.807) is 18.2 Å². The number of carbonyl (C=O) groups is 1. The van der Waals surface area contributed by atoms with Crippen LogP contribution in [0.5, 0.6) is 0 Å². The van der Waals surface area contributed by atoms with Gasteiger partial charge in [0.15, 0.2) is 0 Å². The van der Waals surface area contributed by atoms with E-state index in [4.69, 9.17) is 9.52 Å². The quantitative estimate of drug-likeness (QED) is 0.621. The van der Waals surface area contributed by atoms with Gasteiger partial charge in [0, 0.05) is 14.8 Å². The molecule has 116 valence electrons. The van der Waals surface area contributed by atoms with Gasteiger partial charge in [-0.05, 0) is 59.0 Å². The summed E-state index contributed by atoms with van der Waals surface area (Å²) in [4.78, 5) is 12.4. The van der Waals surface area contributed by atoms with Crippen molar-refractivity contribution >= 4 is 34.2 Å². The Balaban J connectivity index is 1.83. The molecule has 1 heterocycles. The highest BCUT2D eigenvalue weighted by Crippen LogP contribution is 2.25. The molecule has 5 heteroatoms. The van der Waals surface area contributed by atoms with Crippen molar-refractivity contribution < 1.29 is 14.3 Å². The molecule has 0 atom stereocenters. The van der Waals surface area contributed by atoms with Gasteiger partial charge in [-0.25, -0.2) is 0 Å². The molecule has 4 nitrogen and oxygen atoms in total. The highest BCUT2D eigenvalue weighted by molar-refractivity contribution is 14.1. The van der Waals surface area contributed by atoms with E-state index < -0.39 is 0 Å². The minimum Gasteiger partial charge on any atom is -0.459 e. The van der Waals surface area contributed by atoms with Crippen molar-refractivity contribution in [3.63, 3.8) is 0 Å². The van der Waals surface area contributed by atoms with Crippen LogP contribution in [0.25, 0.3) is 11.3 Å². The Morgan fingerprint density at radius 2 is 1.91 bits per heavy atom. The van der Waals surface area contributed by atoms with Gasteiger partial charge in [0.25, 0.3) is 5.91 Å². The van der Waals surface area contributed by atoms with Crippen LogP contribution in [0.1, 0.15) is 16.1 Å². The Hall–Kier alpha value is -2.12. The van der Waals surface area contributed by atoms with E-state index in [1.165, 1.54) is 0 Å². The summed E-state index contributed by atoms with van der Waals surface area (Å²) in [7, 11) is 0. The predicted molar refractivity (Wildman–Crippen MR) is 97.2 cm³/mol. The van der Waals surface area contributed by atoms with Crippen molar-refractivity contribution in [2.45, 2.75) is 6.61 Å². The monoisotopic (exact) mass is 419 g/mol. The van der Waals surface area contributed by atoms with Crippen LogP contribution in [0.3, 0.4) is 0 Å². The van der Waals surface area contributed by atoms with Gasteiger partial charge in [0.05, 0.1) is 5.56 Å². The van der Waals surface area contributed by atoms with Gasteiger partial charge >= 0.3 is 0 Å². The molecule has 0 aliphatic heterocycles. The molecular formula is C18H14INO3. The SMILES string of the molecule is O=C(Nc1cccc(-c2ccc(CO)o2)c1)c1ccccc1I. The minimum atomic E-state index is -0.150. The van der Waals surface area contributed by atoms with E-state index in [0.29, 0.717) is 22.8 Å². The summed E-state index contributed by atoms with van der Waals surface area (Å²) in [6.45, 7) is -0.136.